The van der Waals surface area contributed by atoms with Crippen molar-refractivity contribution in [3.05, 3.63) is 11.7 Å². The lowest BCUT2D eigenvalue weighted by Crippen LogP contribution is -2.44. The molecule has 0 saturated carbocycles. The molecule has 0 unspecified atom stereocenters. The highest BCUT2D eigenvalue weighted by Gasteiger charge is 2.47. The largest absolute Gasteiger partial charge is 0.337 e. The molecule has 0 N–H and O–H groups in total. The molecule has 0 radical (unpaired) electrons. The molecule has 0 aromatic carbocycles. The third kappa shape index (κ3) is 4.51. The summed E-state index contributed by atoms with van der Waals surface area (Å²) in [4.78, 5) is 24.2. The summed E-state index contributed by atoms with van der Waals surface area (Å²) in [5.74, 6) is 1.62. The number of piperidine rings is 1. The van der Waals surface area contributed by atoms with Crippen LogP contribution in [0.2, 0.25) is 0 Å². The molecule has 2 aliphatic rings. The molecule has 0 aliphatic carbocycles. The topological polar surface area (TPSA) is 65.7 Å². The van der Waals surface area contributed by atoms with Crippen LogP contribution in [0.3, 0.4) is 0 Å². The third-order valence-corrected chi connectivity index (χ3v) is 6.20. The first kappa shape index (κ1) is 20.3. The molecular formula is C20H35N5O2. The van der Waals surface area contributed by atoms with E-state index in [9.17, 15) is 4.79 Å². The van der Waals surface area contributed by atoms with E-state index in [1.165, 1.54) is 12.8 Å². The second-order valence-corrected chi connectivity index (χ2v) is 8.89. The summed E-state index contributed by atoms with van der Waals surface area (Å²) < 4.78 is 5.33. The lowest BCUT2D eigenvalue weighted by Gasteiger charge is -2.37. The Hall–Kier alpha value is -1.47. The van der Waals surface area contributed by atoms with E-state index in [-0.39, 0.29) is 17.9 Å². The normalized spacial score (nSPS) is 23.4. The Morgan fingerprint density at radius 1 is 1.37 bits per heavy atom. The summed E-state index contributed by atoms with van der Waals surface area (Å²) in [6.07, 6.45) is 4.44. The van der Waals surface area contributed by atoms with Gasteiger partial charge in [-0.25, -0.2) is 0 Å². The minimum absolute atomic E-state index is 0.0224. The van der Waals surface area contributed by atoms with Crippen molar-refractivity contribution in [3.63, 3.8) is 0 Å². The molecule has 7 nitrogen and oxygen atoms in total. The van der Waals surface area contributed by atoms with E-state index in [4.69, 9.17) is 4.52 Å². The molecule has 2 fully saturated rings. The molecule has 1 spiro atoms. The number of hydrogen-bond donors (Lipinski definition) is 0. The first-order chi connectivity index (χ1) is 12.8. The van der Waals surface area contributed by atoms with Crippen LogP contribution in [-0.4, -0.2) is 77.1 Å². The highest BCUT2D eigenvalue weighted by molar-refractivity contribution is 5.82. The van der Waals surface area contributed by atoms with Crippen LogP contribution in [0.5, 0.6) is 0 Å². The SMILES string of the molecule is CCCN1CC2(CCN(C)CC2)C[C@H]1C(=O)N(C)Cc1nc(C(C)C)no1. The van der Waals surface area contributed by atoms with Gasteiger partial charge < -0.3 is 14.3 Å². The molecule has 1 aromatic heterocycles. The Morgan fingerprint density at radius 2 is 2.07 bits per heavy atom. The fourth-order valence-electron chi connectivity index (χ4n) is 4.47. The number of nitrogens with zero attached hydrogens (tertiary/aromatic N) is 5. The molecule has 152 valence electrons. The number of likely N-dealkylation sites (N-methyl/N-ethyl adjacent to an activating group) is 1. The van der Waals surface area contributed by atoms with E-state index in [0.717, 1.165) is 39.0 Å². The third-order valence-electron chi connectivity index (χ3n) is 6.20. The predicted octanol–water partition coefficient (Wildman–Crippen LogP) is 2.35. The minimum atomic E-state index is -0.0224. The molecule has 1 aromatic rings. The zero-order valence-corrected chi connectivity index (χ0v) is 17.6. The van der Waals surface area contributed by atoms with E-state index in [0.29, 0.717) is 23.7 Å². The maximum absolute atomic E-state index is 13.2. The van der Waals surface area contributed by atoms with Crippen LogP contribution in [-0.2, 0) is 11.3 Å². The molecule has 7 heteroatoms. The molecule has 27 heavy (non-hydrogen) atoms. The van der Waals surface area contributed by atoms with Crippen LogP contribution in [0.1, 0.15) is 64.1 Å². The number of likely N-dealkylation sites (tertiary alicyclic amines) is 2. The molecule has 2 saturated heterocycles. The molecule has 1 amide bonds. The lowest BCUT2D eigenvalue weighted by molar-refractivity contribution is -0.135. The van der Waals surface area contributed by atoms with Gasteiger partial charge in [-0.1, -0.05) is 25.9 Å². The highest BCUT2D eigenvalue weighted by Crippen LogP contribution is 2.43. The van der Waals surface area contributed by atoms with Crippen LogP contribution in [0, 0.1) is 5.41 Å². The minimum Gasteiger partial charge on any atom is -0.337 e. The summed E-state index contributed by atoms with van der Waals surface area (Å²) >= 11 is 0. The van der Waals surface area contributed by atoms with Gasteiger partial charge in [0, 0.05) is 19.5 Å². The summed E-state index contributed by atoms with van der Waals surface area (Å²) in [6.45, 7) is 10.9. The number of hydrogen-bond acceptors (Lipinski definition) is 6. The Labute approximate surface area is 163 Å². The summed E-state index contributed by atoms with van der Waals surface area (Å²) in [5, 5.41) is 4.01. The molecule has 1 atom stereocenters. The van der Waals surface area contributed by atoms with Crippen molar-refractivity contribution in [2.45, 2.75) is 65.0 Å². The monoisotopic (exact) mass is 377 g/mol. The Bertz CT molecular complexity index is 636. The first-order valence-electron chi connectivity index (χ1n) is 10.3. The van der Waals surface area contributed by atoms with Gasteiger partial charge in [0.05, 0.1) is 12.6 Å². The maximum Gasteiger partial charge on any atom is 0.246 e. The van der Waals surface area contributed by atoms with Crippen molar-refractivity contribution < 1.29 is 9.32 Å². The standard InChI is InChI=1S/C20H35N5O2/c1-6-9-25-14-20(7-10-23(4)11-8-20)12-16(25)19(26)24(5)13-17-21-18(15(2)3)22-27-17/h15-16H,6-14H2,1-5H3/t16-/m0/s1. The van der Waals surface area contributed by atoms with E-state index >= 15 is 0 Å². The maximum atomic E-state index is 13.2. The van der Waals surface area contributed by atoms with Crippen molar-refractivity contribution in [2.24, 2.45) is 5.41 Å². The van der Waals surface area contributed by atoms with E-state index in [1.54, 1.807) is 4.90 Å². The highest BCUT2D eigenvalue weighted by atomic mass is 16.5. The predicted molar refractivity (Wildman–Crippen MR) is 104 cm³/mol. The van der Waals surface area contributed by atoms with Crippen LogP contribution < -0.4 is 0 Å². The number of aromatic nitrogens is 2. The van der Waals surface area contributed by atoms with Crippen LogP contribution in [0.4, 0.5) is 0 Å². The molecule has 2 aliphatic heterocycles. The Balaban J connectivity index is 1.67. The van der Waals surface area contributed by atoms with Gasteiger partial charge in [0.15, 0.2) is 5.82 Å². The van der Waals surface area contributed by atoms with Gasteiger partial charge in [-0.05, 0) is 57.8 Å². The number of carbonyl (C=O) groups is 1. The smallest absolute Gasteiger partial charge is 0.246 e. The molecule has 0 bridgehead atoms. The number of rotatable bonds is 6. The zero-order chi connectivity index (χ0) is 19.6. The van der Waals surface area contributed by atoms with Crippen molar-refractivity contribution >= 4 is 5.91 Å². The van der Waals surface area contributed by atoms with Gasteiger partial charge in [0.2, 0.25) is 11.8 Å². The van der Waals surface area contributed by atoms with Gasteiger partial charge >= 0.3 is 0 Å². The van der Waals surface area contributed by atoms with Gasteiger partial charge in [0.25, 0.3) is 0 Å². The average molecular weight is 378 g/mol. The number of carbonyl (C=O) groups excluding carboxylic acids is 1. The summed E-state index contributed by atoms with van der Waals surface area (Å²) in [5.41, 5.74) is 0.304. The van der Waals surface area contributed by atoms with Gasteiger partial charge in [0.1, 0.15) is 0 Å². The first-order valence-corrected chi connectivity index (χ1v) is 10.3. The van der Waals surface area contributed by atoms with E-state index in [2.05, 4.69) is 33.9 Å². The zero-order valence-electron chi connectivity index (χ0n) is 17.6. The Kier molecular flexibility index (Phi) is 6.21. The van der Waals surface area contributed by atoms with Crippen LogP contribution in [0.25, 0.3) is 0 Å². The van der Waals surface area contributed by atoms with E-state index in [1.807, 2.05) is 20.9 Å². The fourth-order valence-corrected chi connectivity index (χ4v) is 4.47. The van der Waals surface area contributed by atoms with Crippen LogP contribution in [0.15, 0.2) is 4.52 Å². The summed E-state index contributed by atoms with van der Waals surface area (Å²) in [7, 11) is 4.04. The molecular weight excluding hydrogens is 342 g/mol. The second-order valence-electron chi connectivity index (χ2n) is 8.89. The molecule has 3 heterocycles. The van der Waals surface area contributed by atoms with Gasteiger partial charge in [-0.15, -0.1) is 0 Å². The van der Waals surface area contributed by atoms with Crippen LogP contribution >= 0.6 is 0 Å². The second kappa shape index (κ2) is 8.27. The lowest BCUT2D eigenvalue weighted by atomic mass is 9.76. The summed E-state index contributed by atoms with van der Waals surface area (Å²) in [6, 6.07) is -0.0224. The fraction of sp³-hybridized carbons (Fsp3) is 0.850. The van der Waals surface area contributed by atoms with Crippen molar-refractivity contribution in [1.29, 1.82) is 0 Å². The van der Waals surface area contributed by atoms with Crippen molar-refractivity contribution in [3.8, 4) is 0 Å². The quantitative estimate of drug-likeness (QED) is 0.758. The average Bonchev–Trinajstić information content (AvgIpc) is 3.23. The number of amides is 1. The molecule has 3 rings (SSSR count). The van der Waals surface area contributed by atoms with Crippen molar-refractivity contribution in [2.75, 3.05) is 40.3 Å². The van der Waals surface area contributed by atoms with Crippen molar-refractivity contribution in [1.82, 2.24) is 24.8 Å². The van der Waals surface area contributed by atoms with Gasteiger partial charge in [-0.3, -0.25) is 9.69 Å². The van der Waals surface area contributed by atoms with Gasteiger partial charge in [-0.2, -0.15) is 4.98 Å². The Morgan fingerprint density at radius 3 is 2.67 bits per heavy atom. The van der Waals surface area contributed by atoms with E-state index < -0.39 is 0 Å².